The van der Waals surface area contributed by atoms with Gasteiger partial charge in [-0.2, -0.15) is 0 Å². The molecule has 1 aliphatic heterocycles. The average molecular weight is 201 g/mol. The van der Waals surface area contributed by atoms with Gasteiger partial charge in [-0.25, -0.2) is 0 Å². The molecule has 0 aromatic carbocycles. The van der Waals surface area contributed by atoms with Crippen LogP contribution in [0.3, 0.4) is 0 Å². The largest absolute Gasteiger partial charge is 0.468 e. The van der Waals surface area contributed by atoms with Gasteiger partial charge in [0.25, 0.3) is 0 Å². The number of carbonyl (C=O) groups is 1. The second kappa shape index (κ2) is 5.98. The molecule has 2 unspecified atom stereocenters. The lowest BCUT2D eigenvalue weighted by atomic mass is 10.0. The number of carbonyl (C=O) groups excluding carboxylic acids is 1. The summed E-state index contributed by atoms with van der Waals surface area (Å²) < 4.78 is 10.1. The predicted octanol–water partition coefficient (Wildman–Crippen LogP) is 0.707. The Morgan fingerprint density at radius 3 is 3.07 bits per heavy atom. The molecule has 0 radical (unpaired) electrons. The second-order valence-electron chi connectivity index (χ2n) is 3.58. The number of methoxy groups -OCH3 is 1. The zero-order chi connectivity index (χ0) is 10.4. The van der Waals surface area contributed by atoms with Crippen molar-refractivity contribution in [1.29, 1.82) is 0 Å². The zero-order valence-corrected chi connectivity index (χ0v) is 8.91. The highest BCUT2D eigenvalue weighted by Crippen LogP contribution is 2.15. The van der Waals surface area contributed by atoms with E-state index in [-0.39, 0.29) is 5.97 Å². The van der Waals surface area contributed by atoms with Crippen LogP contribution < -0.4 is 5.32 Å². The molecule has 82 valence electrons. The first-order valence-electron chi connectivity index (χ1n) is 5.18. The van der Waals surface area contributed by atoms with Crippen LogP contribution in [0.1, 0.15) is 26.2 Å². The molecule has 0 aliphatic carbocycles. The highest BCUT2D eigenvalue weighted by Gasteiger charge is 2.21. The van der Waals surface area contributed by atoms with Crippen LogP contribution in [-0.4, -0.2) is 38.4 Å². The summed E-state index contributed by atoms with van der Waals surface area (Å²) >= 11 is 0. The molecular weight excluding hydrogens is 182 g/mol. The molecule has 0 bridgehead atoms. The first-order valence-corrected chi connectivity index (χ1v) is 5.18. The lowest BCUT2D eigenvalue weighted by molar-refractivity contribution is -0.139. The molecule has 4 nitrogen and oxygen atoms in total. The number of ether oxygens (including phenoxy) is 2. The minimum Gasteiger partial charge on any atom is -0.468 e. The highest BCUT2D eigenvalue weighted by molar-refractivity contribution is 5.71. The van der Waals surface area contributed by atoms with Gasteiger partial charge in [0.05, 0.1) is 19.8 Å². The molecule has 1 heterocycles. The Hall–Kier alpha value is -0.610. The summed E-state index contributed by atoms with van der Waals surface area (Å²) in [6.45, 7) is 3.21. The maximum absolute atomic E-state index is 10.9. The molecule has 1 saturated heterocycles. The van der Waals surface area contributed by atoms with Gasteiger partial charge in [0.1, 0.15) is 0 Å². The van der Waals surface area contributed by atoms with Crippen LogP contribution >= 0.6 is 0 Å². The van der Waals surface area contributed by atoms with Gasteiger partial charge in [-0.15, -0.1) is 0 Å². The zero-order valence-electron chi connectivity index (χ0n) is 8.91. The van der Waals surface area contributed by atoms with Crippen LogP contribution in [0.25, 0.3) is 0 Å². The molecule has 2 atom stereocenters. The lowest BCUT2D eigenvalue weighted by Gasteiger charge is -2.29. The van der Waals surface area contributed by atoms with Crippen molar-refractivity contribution in [3.05, 3.63) is 0 Å². The molecule has 0 saturated carbocycles. The summed E-state index contributed by atoms with van der Waals surface area (Å²) in [4.78, 5) is 10.9. The molecule has 0 spiro atoms. The van der Waals surface area contributed by atoms with Crippen molar-refractivity contribution in [2.45, 2.75) is 38.3 Å². The van der Waals surface area contributed by atoms with Gasteiger partial charge in [0, 0.05) is 12.6 Å². The smallest absolute Gasteiger partial charge is 0.319 e. The van der Waals surface area contributed by atoms with Gasteiger partial charge >= 0.3 is 5.97 Å². The Balaban J connectivity index is 2.20. The number of rotatable bonds is 4. The van der Waals surface area contributed by atoms with E-state index in [4.69, 9.17) is 4.74 Å². The summed E-state index contributed by atoms with van der Waals surface area (Å²) in [5, 5.41) is 3.18. The van der Waals surface area contributed by atoms with E-state index in [2.05, 4.69) is 17.0 Å². The van der Waals surface area contributed by atoms with Crippen LogP contribution in [0, 0.1) is 0 Å². The number of hydrogen-bond acceptors (Lipinski definition) is 4. The Labute approximate surface area is 85.0 Å². The third kappa shape index (κ3) is 3.64. The van der Waals surface area contributed by atoms with Crippen molar-refractivity contribution >= 4 is 5.97 Å². The first kappa shape index (κ1) is 11.5. The van der Waals surface area contributed by atoms with Crippen molar-refractivity contribution in [2.75, 3.05) is 20.3 Å². The minimum atomic E-state index is -0.204. The molecule has 0 aromatic heterocycles. The van der Waals surface area contributed by atoms with Gasteiger partial charge in [0.15, 0.2) is 0 Å². The second-order valence-corrected chi connectivity index (χ2v) is 3.58. The van der Waals surface area contributed by atoms with Crippen molar-refractivity contribution < 1.29 is 14.3 Å². The molecule has 1 fully saturated rings. The fourth-order valence-electron chi connectivity index (χ4n) is 1.65. The molecule has 1 aliphatic rings. The van der Waals surface area contributed by atoms with E-state index in [0.29, 0.717) is 18.7 Å². The summed E-state index contributed by atoms with van der Waals surface area (Å²) in [6.07, 6.45) is 3.36. The fourth-order valence-corrected chi connectivity index (χ4v) is 1.65. The first-order chi connectivity index (χ1) is 6.76. The molecular formula is C10H19NO3. The SMILES string of the molecule is CCC1CC(NCC(=O)OC)CCO1. The van der Waals surface area contributed by atoms with Crippen molar-refractivity contribution in [3.8, 4) is 0 Å². The predicted molar refractivity (Wildman–Crippen MR) is 53.1 cm³/mol. The van der Waals surface area contributed by atoms with E-state index in [1.54, 1.807) is 0 Å². The van der Waals surface area contributed by atoms with E-state index in [9.17, 15) is 4.79 Å². The van der Waals surface area contributed by atoms with Crippen LogP contribution in [0.4, 0.5) is 0 Å². The lowest BCUT2D eigenvalue weighted by Crippen LogP contribution is -2.41. The van der Waals surface area contributed by atoms with E-state index in [0.717, 1.165) is 25.9 Å². The Kier molecular flexibility index (Phi) is 4.90. The van der Waals surface area contributed by atoms with E-state index in [1.165, 1.54) is 7.11 Å². The van der Waals surface area contributed by atoms with E-state index < -0.39 is 0 Å². The summed E-state index contributed by atoms with van der Waals surface area (Å²) in [7, 11) is 1.41. The number of hydrogen-bond donors (Lipinski definition) is 1. The quantitative estimate of drug-likeness (QED) is 0.680. The van der Waals surface area contributed by atoms with Gasteiger partial charge in [-0.3, -0.25) is 4.79 Å². The topological polar surface area (TPSA) is 47.6 Å². The monoisotopic (exact) mass is 201 g/mol. The number of nitrogens with one attached hydrogen (secondary N) is 1. The van der Waals surface area contributed by atoms with Crippen LogP contribution in [0.15, 0.2) is 0 Å². The van der Waals surface area contributed by atoms with Gasteiger partial charge in [-0.05, 0) is 19.3 Å². The summed E-state index contributed by atoms with van der Waals surface area (Å²) in [6, 6.07) is 0.396. The fraction of sp³-hybridized carbons (Fsp3) is 0.900. The highest BCUT2D eigenvalue weighted by atomic mass is 16.5. The molecule has 1 rings (SSSR count). The Morgan fingerprint density at radius 2 is 2.43 bits per heavy atom. The van der Waals surface area contributed by atoms with E-state index >= 15 is 0 Å². The molecule has 0 aromatic rings. The normalized spacial score (nSPS) is 27.3. The maximum atomic E-state index is 10.9. The molecule has 14 heavy (non-hydrogen) atoms. The molecule has 1 N–H and O–H groups in total. The van der Waals surface area contributed by atoms with Crippen LogP contribution in [0.2, 0.25) is 0 Å². The van der Waals surface area contributed by atoms with Crippen molar-refractivity contribution in [3.63, 3.8) is 0 Å². The molecule has 4 heteroatoms. The van der Waals surface area contributed by atoms with Gasteiger partial charge in [0.2, 0.25) is 0 Å². The third-order valence-electron chi connectivity index (χ3n) is 2.59. The third-order valence-corrected chi connectivity index (χ3v) is 2.59. The van der Waals surface area contributed by atoms with Crippen molar-refractivity contribution in [1.82, 2.24) is 5.32 Å². The van der Waals surface area contributed by atoms with Crippen LogP contribution in [0.5, 0.6) is 0 Å². The Morgan fingerprint density at radius 1 is 1.64 bits per heavy atom. The Bertz CT molecular complexity index is 184. The summed E-state index contributed by atoms with van der Waals surface area (Å²) in [5.41, 5.74) is 0. The summed E-state index contributed by atoms with van der Waals surface area (Å²) in [5.74, 6) is -0.204. The van der Waals surface area contributed by atoms with Crippen LogP contribution in [-0.2, 0) is 14.3 Å². The van der Waals surface area contributed by atoms with E-state index in [1.807, 2.05) is 0 Å². The van der Waals surface area contributed by atoms with Crippen molar-refractivity contribution in [2.24, 2.45) is 0 Å². The molecule has 0 amide bonds. The maximum Gasteiger partial charge on any atom is 0.319 e. The standard InChI is InChI=1S/C10H19NO3/c1-3-9-6-8(4-5-14-9)11-7-10(12)13-2/h8-9,11H,3-7H2,1-2H3. The number of esters is 1. The van der Waals surface area contributed by atoms with Gasteiger partial charge < -0.3 is 14.8 Å². The average Bonchev–Trinajstić information content (AvgIpc) is 2.26. The van der Waals surface area contributed by atoms with Gasteiger partial charge in [-0.1, -0.05) is 6.92 Å². The minimum absolute atomic E-state index is 0.204.